The zero-order valence-electron chi connectivity index (χ0n) is 11.6. The summed E-state index contributed by atoms with van der Waals surface area (Å²) >= 11 is 12.0. The van der Waals surface area contributed by atoms with Crippen LogP contribution < -0.4 is 4.74 Å². The number of ether oxygens (including phenoxy) is 1. The van der Waals surface area contributed by atoms with Crippen molar-refractivity contribution in [1.82, 2.24) is 4.90 Å². The Labute approximate surface area is 129 Å². The van der Waals surface area contributed by atoms with Crippen LogP contribution in [0.5, 0.6) is 5.75 Å². The number of methoxy groups -OCH3 is 1. The van der Waals surface area contributed by atoms with E-state index in [4.69, 9.17) is 27.9 Å². The Morgan fingerprint density at radius 2 is 2.20 bits per heavy atom. The van der Waals surface area contributed by atoms with Crippen molar-refractivity contribution in [2.24, 2.45) is 0 Å². The van der Waals surface area contributed by atoms with E-state index in [0.717, 1.165) is 32.2 Å². The largest absolute Gasteiger partial charge is 0.496 e. The van der Waals surface area contributed by atoms with Gasteiger partial charge in [0, 0.05) is 23.5 Å². The van der Waals surface area contributed by atoms with Gasteiger partial charge in [-0.15, -0.1) is 11.6 Å². The minimum atomic E-state index is -0.0445. The maximum absolute atomic E-state index is 12.8. The van der Waals surface area contributed by atoms with Gasteiger partial charge in [0.1, 0.15) is 5.75 Å². The van der Waals surface area contributed by atoms with Crippen molar-refractivity contribution in [1.29, 1.82) is 0 Å². The van der Waals surface area contributed by atoms with Crippen LogP contribution in [-0.4, -0.2) is 36.4 Å². The molecule has 1 aliphatic heterocycles. The lowest BCUT2D eigenvalue weighted by Gasteiger charge is -2.29. The molecule has 0 aliphatic carbocycles. The number of benzene rings is 1. The van der Waals surface area contributed by atoms with Gasteiger partial charge in [-0.1, -0.05) is 24.4 Å². The topological polar surface area (TPSA) is 29.5 Å². The van der Waals surface area contributed by atoms with E-state index in [1.165, 1.54) is 0 Å². The van der Waals surface area contributed by atoms with Gasteiger partial charge in [0.05, 0.1) is 12.7 Å². The minimum absolute atomic E-state index is 0.0445. The Kier molecular flexibility index (Phi) is 5.55. The average molecular weight is 316 g/mol. The van der Waals surface area contributed by atoms with Crippen molar-refractivity contribution in [3.8, 4) is 5.75 Å². The molecule has 1 amide bonds. The second-order valence-electron chi connectivity index (χ2n) is 5.00. The van der Waals surface area contributed by atoms with Gasteiger partial charge in [-0.2, -0.15) is 0 Å². The number of likely N-dealkylation sites (tertiary alicyclic amines) is 1. The highest BCUT2D eigenvalue weighted by molar-refractivity contribution is 6.31. The van der Waals surface area contributed by atoms with E-state index in [9.17, 15) is 4.79 Å². The van der Waals surface area contributed by atoms with Gasteiger partial charge in [0.15, 0.2) is 0 Å². The molecule has 1 aromatic rings. The first kappa shape index (κ1) is 15.5. The normalized spacial score (nSPS) is 19.6. The maximum Gasteiger partial charge on any atom is 0.257 e. The standard InChI is InChI=1S/C15H19Cl2NO2/c1-20-14-7-6-11(17)9-13(14)15(19)18-8-4-2-3-5-12(18)10-16/h6-7,9,12H,2-5,8,10H2,1H3. The summed E-state index contributed by atoms with van der Waals surface area (Å²) < 4.78 is 5.27. The summed E-state index contributed by atoms with van der Waals surface area (Å²) in [5.74, 6) is 0.975. The lowest BCUT2D eigenvalue weighted by atomic mass is 10.1. The van der Waals surface area contributed by atoms with Crippen LogP contribution in [0.3, 0.4) is 0 Å². The van der Waals surface area contributed by atoms with Crippen molar-refractivity contribution < 1.29 is 9.53 Å². The fraction of sp³-hybridized carbons (Fsp3) is 0.533. The predicted octanol–water partition coefficient (Wildman–Crippen LogP) is 3.97. The number of hydrogen-bond donors (Lipinski definition) is 0. The summed E-state index contributed by atoms with van der Waals surface area (Å²) in [7, 11) is 1.56. The molecule has 1 atom stereocenters. The Morgan fingerprint density at radius 3 is 2.90 bits per heavy atom. The van der Waals surface area contributed by atoms with Gasteiger partial charge >= 0.3 is 0 Å². The van der Waals surface area contributed by atoms with Crippen LogP contribution in [0.15, 0.2) is 18.2 Å². The molecular formula is C15H19Cl2NO2. The van der Waals surface area contributed by atoms with Crippen LogP contribution in [0, 0.1) is 0 Å². The van der Waals surface area contributed by atoms with E-state index in [1.807, 2.05) is 4.90 Å². The molecule has 1 saturated heterocycles. The van der Waals surface area contributed by atoms with Crippen LogP contribution in [-0.2, 0) is 0 Å². The van der Waals surface area contributed by atoms with Crippen molar-refractivity contribution in [2.75, 3.05) is 19.5 Å². The Morgan fingerprint density at radius 1 is 1.40 bits per heavy atom. The van der Waals surface area contributed by atoms with Crippen LogP contribution in [0.1, 0.15) is 36.0 Å². The van der Waals surface area contributed by atoms with Gasteiger partial charge in [0.25, 0.3) is 5.91 Å². The highest BCUT2D eigenvalue weighted by Gasteiger charge is 2.27. The van der Waals surface area contributed by atoms with Gasteiger partial charge < -0.3 is 9.64 Å². The maximum atomic E-state index is 12.8. The molecule has 0 saturated carbocycles. The zero-order valence-corrected chi connectivity index (χ0v) is 13.1. The fourth-order valence-electron chi connectivity index (χ4n) is 2.61. The Bertz CT molecular complexity index is 479. The molecule has 20 heavy (non-hydrogen) atoms. The summed E-state index contributed by atoms with van der Waals surface area (Å²) in [5, 5.41) is 0.534. The molecule has 0 N–H and O–H groups in total. The molecule has 3 nitrogen and oxygen atoms in total. The molecule has 5 heteroatoms. The number of alkyl halides is 1. The van der Waals surface area contributed by atoms with Crippen molar-refractivity contribution in [3.63, 3.8) is 0 Å². The third-order valence-corrected chi connectivity index (χ3v) is 4.30. The van der Waals surface area contributed by atoms with Gasteiger partial charge in [-0.3, -0.25) is 4.79 Å². The quantitative estimate of drug-likeness (QED) is 0.790. The number of carbonyl (C=O) groups is 1. The first-order valence-electron chi connectivity index (χ1n) is 6.88. The summed E-state index contributed by atoms with van der Waals surface area (Å²) in [5.41, 5.74) is 0.511. The van der Waals surface area contributed by atoms with Crippen LogP contribution in [0.2, 0.25) is 5.02 Å². The molecule has 1 aliphatic rings. The Hall–Kier alpha value is -0.930. The van der Waals surface area contributed by atoms with E-state index in [0.29, 0.717) is 22.2 Å². The number of nitrogens with zero attached hydrogens (tertiary/aromatic N) is 1. The third-order valence-electron chi connectivity index (χ3n) is 3.71. The lowest BCUT2D eigenvalue weighted by Crippen LogP contribution is -2.41. The highest BCUT2D eigenvalue weighted by atomic mass is 35.5. The van der Waals surface area contributed by atoms with Gasteiger partial charge in [0.2, 0.25) is 0 Å². The number of halogens is 2. The summed E-state index contributed by atoms with van der Waals surface area (Å²) in [6.45, 7) is 0.742. The predicted molar refractivity (Wildman–Crippen MR) is 82.0 cm³/mol. The zero-order chi connectivity index (χ0) is 14.5. The van der Waals surface area contributed by atoms with Crippen LogP contribution >= 0.6 is 23.2 Å². The van der Waals surface area contributed by atoms with Crippen molar-refractivity contribution in [2.45, 2.75) is 31.7 Å². The lowest BCUT2D eigenvalue weighted by molar-refractivity contribution is 0.0697. The van der Waals surface area contributed by atoms with Crippen LogP contribution in [0.25, 0.3) is 0 Å². The molecule has 0 bridgehead atoms. The van der Waals surface area contributed by atoms with Crippen LogP contribution in [0.4, 0.5) is 0 Å². The number of carbonyl (C=O) groups excluding carboxylic acids is 1. The third kappa shape index (κ3) is 3.39. The number of hydrogen-bond acceptors (Lipinski definition) is 2. The number of rotatable bonds is 3. The second kappa shape index (κ2) is 7.19. The highest BCUT2D eigenvalue weighted by Crippen LogP contribution is 2.27. The molecular weight excluding hydrogens is 297 g/mol. The summed E-state index contributed by atoms with van der Waals surface area (Å²) in [6, 6.07) is 5.20. The average Bonchev–Trinajstić information content (AvgIpc) is 2.71. The smallest absolute Gasteiger partial charge is 0.257 e. The van der Waals surface area contributed by atoms with Crippen molar-refractivity contribution >= 4 is 29.1 Å². The Balaban J connectivity index is 2.30. The molecule has 0 aromatic heterocycles. The molecule has 0 radical (unpaired) electrons. The fourth-order valence-corrected chi connectivity index (χ4v) is 3.10. The monoisotopic (exact) mass is 315 g/mol. The van der Waals surface area contributed by atoms with Gasteiger partial charge in [-0.25, -0.2) is 0 Å². The second-order valence-corrected chi connectivity index (χ2v) is 5.75. The molecule has 1 heterocycles. The minimum Gasteiger partial charge on any atom is -0.496 e. The summed E-state index contributed by atoms with van der Waals surface area (Å²) in [4.78, 5) is 14.7. The molecule has 1 aromatic carbocycles. The molecule has 1 unspecified atom stereocenters. The number of amides is 1. The molecule has 1 fully saturated rings. The van der Waals surface area contributed by atoms with Gasteiger partial charge in [-0.05, 0) is 31.0 Å². The first-order valence-corrected chi connectivity index (χ1v) is 7.79. The summed E-state index contributed by atoms with van der Waals surface area (Å²) in [6.07, 6.45) is 4.23. The van der Waals surface area contributed by atoms with Crippen molar-refractivity contribution in [3.05, 3.63) is 28.8 Å². The molecule has 110 valence electrons. The molecule has 0 spiro atoms. The van der Waals surface area contributed by atoms with E-state index in [-0.39, 0.29) is 11.9 Å². The van der Waals surface area contributed by atoms with E-state index in [2.05, 4.69) is 0 Å². The first-order chi connectivity index (χ1) is 9.67. The van der Waals surface area contributed by atoms with E-state index in [1.54, 1.807) is 25.3 Å². The molecule has 2 rings (SSSR count). The van der Waals surface area contributed by atoms with E-state index >= 15 is 0 Å². The van der Waals surface area contributed by atoms with E-state index < -0.39 is 0 Å². The SMILES string of the molecule is COc1ccc(Cl)cc1C(=O)N1CCCCCC1CCl.